The molecule has 3 N–H and O–H groups in total. The minimum Gasteiger partial charge on any atom is -0.504 e. The van der Waals surface area contributed by atoms with Crippen LogP contribution in [0, 0.1) is 11.8 Å². The number of hydrogen-bond donors (Lipinski definition) is 3. The third-order valence-corrected chi connectivity index (χ3v) is 10.9. The van der Waals surface area contributed by atoms with Gasteiger partial charge in [-0.15, -0.1) is 0 Å². The first-order chi connectivity index (χ1) is 18.0. The third-order valence-electron chi connectivity index (χ3n) is 9.31. The maximum Gasteiger partial charge on any atom is 0.264 e. The predicted octanol–water partition coefficient (Wildman–Crippen LogP) is 1.91. The van der Waals surface area contributed by atoms with Crippen molar-refractivity contribution in [1.29, 1.82) is 0 Å². The SMILES string of the molecule is O=C(NS(=O)(=O)c1ccc(Cl)cc1)C1C[C@@]2(O)[C@H]3Cc4ccc(O)c5c4[C@@]2(CCN3CC2CC2)[C@@H](O5)C1=O. The van der Waals surface area contributed by atoms with Crippen LogP contribution in [0.2, 0.25) is 5.02 Å². The van der Waals surface area contributed by atoms with Crippen LogP contribution in [-0.2, 0) is 31.4 Å². The number of nitrogens with zero attached hydrogens (tertiary/aromatic N) is 1. The van der Waals surface area contributed by atoms with E-state index in [-0.39, 0.29) is 28.9 Å². The number of hydrogen-bond acceptors (Lipinski definition) is 8. The molecule has 38 heavy (non-hydrogen) atoms. The summed E-state index contributed by atoms with van der Waals surface area (Å²) in [6, 6.07) is 8.32. The third kappa shape index (κ3) is 3.20. The molecular weight excluding hydrogens is 532 g/mol. The zero-order chi connectivity index (χ0) is 26.6. The topological polar surface area (TPSA) is 133 Å². The van der Waals surface area contributed by atoms with Crippen LogP contribution in [-0.4, -0.2) is 66.1 Å². The van der Waals surface area contributed by atoms with Crippen molar-refractivity contribution in [1.82, 2.24) is 9.62 Å². The van der Waals surface area contributed by atoms with Crippen LogP contribution in [0.4, 0.5) is 0 Å². The molecule has 2 heterocycles. The van der Waals surface area contributed by atoms with Crippen molar-refractivity contribution in [2.24, 2.45) is 11.8 Å². The van der Waals surface area contributed by atoms with Gasteiger partial charge in [0.2, 0.25) is 5.91 Å². The quantitative estimate of drug-likeness (QED) is 0.474. The highest BCUT2D eigenvalue weighted by Gasteiger charge is 2.75. The molecule has 2 aromatic carbocycles. The molecule has 1 spiro atoms. The van der Waals surface area contributed by atoms with Crippen molar-refractivity contribution in [3.8, 4) is 11.5 Å². The molecule has 5 atom stereocenters. The second-order valence-corrected chi connectivity index (χ2v) is 13.5. The molecule has 3 fully saturated rings. The summed E-state index contributed by atoms with van der Waals surface area (Å²) < 4.78 is 34.0. The molecule has 5 aliphatic rings. The summed E-state index contributed by atoms with van der Waals surface area (Å²) in [4.78, 5) is 29.4. The summed E-state index contributed by atoms with van der Waals surface area (Å²) in [5.41, 5.74) is -1.05. The molecule has 3 aliphatic carbocycles. The summed E-state index contributed by atoms with van der Waals surface area (Å²) in [5.74, 6) is -2.41. The van der Waals surface area contributed by atoms with E-state index in [2.05, 4.69) is 4.90 Å². The molecule has 7 rings (SSSR count). The van der Waals surface area contributed by atoms with Gasteiger partial charge in [0.1, 0.15) is 5.92 Å². The average molecular weight is 559 g/mol. The molecule has 1 saturated heterocycles. The number of carbonyl (C=O) groups is 2. The Kier molecular flexibility index (Phi) is 5.09. The number of sulfonamides is 1. The molecule has 1 unspecified atom stereocenters. The van der Waals surface area contributed by atoms with E-state index >= 15 is 0 Å². The van der Waals surface area contributed by atoms with Crippen LogP contribution >= 0.6 is 11.6 Å². The summed E-state index contributed by atoms with van der Waals surface area (Å²) in [5, 5.41) is 23.6. The molecule has 2 saturated carbocycles. The molecule has 0 aromatic heterocycles. The number of rotatable bonds is 5. The van der Waals surface area contributed by atoms with Gasteiger partial charge >= 0.3 is 0 Å². The Hall–Kier alpha value is -2.66. The minimum absolute atomic E-state index is 0.118. The summed E-state index contributed by atoms with van der Waals surface area (Å²) in [6.07, 6.45) is 1.76. The van der Waals surface area contributed by atoms with E-state index in [9.17, 15) is 28.2 Å². The first-order valence-corrected chi connectivity index (χ1v) is 14.8. The summed E-state index contributed by atoms with van der Waals surface area (Å²) in [6.45, 7) is 1.48. The van der Waals surface area contributed by atoms with Crippen LogP contribution in [0.15, 0.2) is 41.3 Å². The van der Waals surface area contributed by atoms with Crippen molar-refractivity contribution < 1.29 is 33.0 Å². The van der Waals surface area contributed by atoms with Crippen LogP contribution in [0.25, 0.3) is 0 Å². The molecule has 0 radical (unpaired) electrons. The van der Waals surface area contributed by atoms with Gasteiger partial charge in [-0.3, -0.25) is 14.5 Å². The van der Waals surface area contributed by atoms with E-state index in [1.165, 1.54) is 24.3 Å². The highest BCUT2D eigenvalue weighted by atomic mass is 35.5. The van der Waals surface area contributed by atoms with Gasteiger partial charge in [0.25, 0.3) is 10.0 Å². The number of phenols is 1. The molecule has 1 amide bonds. The molecule has 2 bridgehead atoms. The zero-order valence-electron chi connectivity index (χ0n) is 20.4. The first-order valence-electron chi connectivity index (χ1n) is 12.9. The van der Waals surface area contributed by atoms with E-state index in [4.69, 9.17) is 16.3 Å². The lowest BCUT2D eigenvalue weighted by Gasteiger charge is -2.63. The molecule has 9 nitrogen and oxygen atoms in total. The minimum atomic E-state index is -4.29. The number of aromatic hydroxyl groups is 1. The van der Waals surface area contributed by atoms with E-state index < -0.39 is 44.8 Å². The van der Waals surface area contributed by atoms with Gasteiger partial charge < -0.3 is 14.9 Å². The Balaban J connectivity index is 1.29. The van der Waals surface area contributed by atoms with E-state index in [0.717, 1.165) is 24.9 Å². The first kappa shape index (κ1) is 24.4. The lowest BCUT2D eigenvalue weighted by molar-refractivity contribution is -0.198. The number of Topliss-reactive ketones (excluding diaryl/α,β-unsaturated/α-hetero) is 1. The average Bonchev–Trinajstić information content (AvgIpc) is 3.61. The number of halogens is 1. The molecular formula is C27H27ClN2O7S. The lowest BCUT2D eigenvalue weighted by atomic mass is 9.47. The van der Waals surface area contributed by atoms with Gasteiger partial charge in [-0.05, 0) is 80.5 Å². The fraction of sp³-hybridized carbons (Fsp3) is 0.481. The van der Waals surface area contributed by atoms with Crippen LogP contribution < -0.4 is 9.46 Å². The van der Waals surface area contributed by atoms with Gasteiger partial charge in [-0.1, -0.05) is 17.7 Å². The van der Waals surface area contributed by atoms with E-state index in [1.54, 1.807) is 6.07 Å². The normalized spacial score (nSPS) is 33.4. The number of piperidine rings is 1. The molecule has 2 aliphatic heterocycles. The number of carbonyl (C=O) groups excluding carboxylic acids is 2. The van der Waals surface area contributed by atoms with E-state index in [1.807, 2.05) is 10.8 Å². The monoisotopic (exact) mass is 558 g/mol. The fourth-order valence-electron chi connectivity index (χ4n) is 7.40. The molecule has 200 valence electrons. The number of aliphatic hydroxyl groups is 1. The maximum atomic E-state index is 13.9. The van der Waals surface area contributed by atoms with Crippen molar-refractivity contribution in [2.45, 2.75) is 60.2 Å². The second-order valence-electron chi connectivity index (χ2n) is 11.3. The highest BCUT2D eigenvalue weighted by molar-refractivity contribution is 7.90. The maximum absolute atomic E-state index is 13.9. The Morgan fingerprint density at radius 2 is 1.92 bits per heavy atom. The van der Waals surface area contributed by atoms with Gasteiger partial charge in [0.15, 0.2) is 23.4 Å². The largest absolute Gasteiger partial charge is 0.504 e. The molecule has 2 aromatic rings. The Labute approximate surface area is 224 Å². The summed E-state index contributed by atoms with van der Waals surface area (Å²) in [7, 11) is -4.29. The number of nitrogens with one attached hydrogen (secondary N) is 1. The van der Waals surface area contributed by atoms with Crippen molar-refractivity contribution in [3.63, 3.8) is 0 Å². The van der Waals surface area contributed by atoms with Crippen LogP contribution in [0.1, 0.15) is 36.8 Å². The van der Waals surface area contributed by atoms with Crippen molar-refractivity contribution in [2.75, 3.05) is 13.1 Å². The lowest BCUT2D eigenvalue weighted by Crippen LogP contribution is -2.78. The standard InChI is InChI=1S/C27H27ClN2O7S/c28-16-4-6-17(7-5-16)38(35,36)29-25(33)18-12-27(34)20-11-15-3-8-19(31)23-21(15)26(27,24(37-23)22(18)32)9-10-30(20)13-14-1-2-14/h3-8,14,18,20,24,31,34H,1-2,9-13H2,(H,29,33)/t18?,20-,24+,26+,27-/m1/s1. The number of ether oxygens (including phenoxy) is 1. The second kappa shape index (κ2) is 7.94. The van der Waals surface area contributed by atoms with Gasteiger partial charge in [0, 0.05) is 23.2 Å². The predicted molar refractivity (Wildman–Crippen MR) is 135 cm³/mol. The zero-order valence-corrected chi connectivity index (χ0v) is 22.0. The van der Waals surface area contributed by atoms with Crippen LogP contribution in [0.5, 0.6) is 11.5 Å². The Morgan fingerprint density at radius 3 is 2.63 bits per heavy atom. The number of likely N-dealkylation sites (tertiary alicyclic amines) is 1. The number of amides is 1. The highest BCUT2D eigenvalue weighted by Crippen LogP contribution is 2.65. The van der Waals surface area contributed by atoms with Crippen molar-refractivity contribution in [3.05, 3.63) is 52.5 Å². The summed E-state index contributed by atoms with van der Waals surface area (Å²) >= 11 is 5.86. The fourth-order valence-corrected chi connectivity index (χ4v) is 8.55. The van der Waals surface area contributed by atoms with Crippen molar-refractivity contribution >= 4 is 33.3 Å². The Morgan fingerprint density at radius 1 is 1.18 bits per heavy atom. The van der Waals surface area contributed by atoms with Gasteiger partial charge in [-0.2, -0.15) is 0 Å². The van der Waals surface area contributed by atoms with E-state index in [0.29, 0.717) is 35.9 Å². The molecule has 11 heteroatoms. The number of ketones is 1. The Bertz CT molecular complexity index is 1490. The van der Waals surface area contributed by atoms with Gasteiger partial charge in [-0.25, -0.2) is 13.1 Å². The number of benzene rings is 2. The number of phenolic OH excluding ortho intramolecular Hbond substituents is 1. The van der Waals surface area contributed by atoms with Crippen LogP contribution in [0.3, 0.4) is 0 Å². The smallest absolute Gasteiger partial charge is 0.264 e. The van der Waals surface area contributed by atoms with Gasteiger partial charge in [0.05, 0.1) is 15.9 Å².